The van der Waals surface area contributed by atoms with Gasteiger partial charge >= 0.3 is 0 Å². The first-order chi connectivity index (χ1) is 6.74. The molecule has 0 spiro atoms. The third-order valence-corrected chi connectivity index (χ3v) is 2.73. The number of hydrogen-bond acceptors (Lipinski definition) is 2. The molecular formula is C11H13NO2. The van der Waals surface area contributed by atoms with Gasteiger partial charge < -0.3 is 5.32 Å². The van der Waals surface area contributed by atoms with Gasteiger partial charge in [0.25, 0.3) is 5.91 Å². The van der Waals surface area contributed by atoms with Crippen molar-refractivity contribution in [3.8, 4) is 0 Å². The molecule has 0 saturated carbocycles. The first-order valence-electron chi connectivity index (χ1n) is 4.96. The van der Waals surface area contributed by atoms with E-state index >= 15 is 0 Å². The second-order valence-electron chi connectivity index (χ2n) is 3.72. The zero-order valence-corrected chi connectivity index (χ0v) is 8.12. The molecule has 1 heterocycles. The summed E-state index contributed by atoms with van der Waals surface area (Å²) in [7, 11) is 0. The van der Waals surface area contributed by atoms with Gasteiger partial charge in [0.05, 0.1) is 12.0 Å². The van der Waals surface area contributed by atoms with Crippen LogP contribution in [0.5, 0.6) is 0 Å². The second kappa shape index (κ2) is 3.40. The molecule has 2 rings (SSSR count). The van der Waals surface area contributed by atoms with E-state index in [0.717, 1.165) is 18.4 Å². The maximum absolute atomic E-state index is 11.5. The Morgan fingerprint density at radius 3 is 2.93 bits per heavy atom. The minimum absolute atomic E-state index is 0.0958. The van der Waals surface area contributed by atoms with Crippen LogP contribution in [0.4, 0.5) is 0 Å². The van der Waals surface area contributed by atoms with E-state index in [4.69, 9.17) is 0 Å². The molecule has 0 aromatic carbocycles. The van der Waals surface area contributed by atoms with Gasteiger partial charge in [-0.25, -0.2) is 0 Å². The Morgan fingerprint density at radius 1 is 1.43 bits per heavy atom. The van der Waals surface area contributed by atoms with Gasteiger partial charge in [-0.05, 0) is 6.42 Å². The summed E-state index contributed by atoms with van der Waals surface area (Å²) in [5, 5.41) is 2.68. The van der Waals surface area contributed by atoms with Crippen LogP contribution >= 0.6 is 0 Å². The molecule has 1 aliphatic heterocycles. The van der Waals surface area contributed by atoms with Crippen molar-refractivity contribution in [1.82, 2.24) is 5.32 Å². The fraction of sp³-hybridized carbons (Fsp3) is 0.455. The van der Waals surface area contributed by atoms with Gasteiger partial charge in [0.1, 0.15) is 0 Å². The van der Waals surface area contributed by atoms with Crippen LogP contribution in [-0.2, 0) is 9.59 Å². The summed E-state index contributed by atoms with van der Waals surface area (Å²) >= 11 is 0. The van der Waals surface area contributed by atoms with E-state index in [1.165, 1.54) is 0 Å². The zero-order chi connectivity index (χ0) is 10.1. The monoisotopic (exact) mass is 191 g/mol. The van der Waals surface area contributed by atoms with Crippen LogP contribution < -0.4 is 5.32 Å². The highest BCUT2D eigenvalue weighted by atomic mass is 16.2. The maximum atomic E-state index is 11.5. The number of Topliss-reactive ketones (excluding diaryl/α,β-unsaturated/α-hetero) is 1. The fourth-order valence-corrected chi connectivity index (χ4v) is 2.10. The molecule has 1 N–H and O–H groups in total. The predicted molar refractivity (Wildman–Crippen MR) is 52.6 cm³/mol. The van der Waals surface area contributed by atoms with Crippen LogP contribution in [0.25, 0.3) is 0 Å². The van der Waals surface area contributed by atoms with Crippen molar-refractivity contribution in [3.05, 3.63) is 23.8 Å². The average Bonchev–Trinajstić information content (AvgIpc) is 2.45. The van der Waals surface area contributed by atoms with E-state index in [1.807, 2.05) is 18.2 Å². The molecule has 14 heavy (non-hydrogen) atoms. The first kappa shape index (κ1) is 9.19. The number of hydrogen-bond donors (Lipinski definition) is 1. The van der Waals surface area contributed by atoms with Gasteiger partial charge in [0, 0.05) is 0 Å². The van der Waals surface area contributed by atoms with Crippen molar-refractivity contribution in [2.75, 3.05) is 0 Å². The molecule has 2 aliphatic rings. The molecular weight excluding hydrogens is 178 g/mol. The lowest BCUT2D eigenvalue weighted by atomic mass is 9.85. The number of amides is 1. The third kappa shape index (κ3) is 1.29. The van der Waals surface area contributed by atoms with Crippen molar-refractivity contribution < 1.29 is 9.59 Å². The zero-order valence-electron chi connectivity index (χ0n) is 8.12. The Labute approximate surface area is 82.9 Å². The number of nitrogens with one attached hydrogen (secondary N) is 1. The van der Waals surface area contributed by atoms with Gasteiger partial charge in [0.15, 0.2) is 0 Å². The summed E-state index contributed by atoms with van der Waals surface area (Å²) in [6, 6.07) is -0.0958. The Bertz CT molecular complexity index is 341. The lowest BCUT2D eigenvalue weighted by Crippen LogP contribution is -2.28. The Morgan fingerprint density at radius 2 is 2.21 bits per heavy atom. The Kier molecular flexibility index (Phi) is 2.23. The van der Waals surface area contributed by atoms with Gasteiger partial charge in [-0.1, -0.05) is 37.1 Å². The molecule has 2 unspecified atom stereocenters. The lowest BCUT2D eigenvalue weighted by molar-refractivity contribution is -0.136. The number of rotatable bonds is 2. The molecule has 0 bridgehead atoms. The summed E-state index contributed by atoms with van der Waals surface area (Å²) < 4.78 is 0. The van der Waals surface area contributed by atoms with Crippen LogP contribution in [-0.4, -0.2) is 17.7 Å². The number of carbonyl (C=O) groups is 2. The number of carbonyl (C=O) groups excluding carboxylic acids is 2. The smallest absolute Gasteiger partial charge is 0.288 e. The standard InChI is InChI=1S/C11H13NO2/c1-2-4-7-5-3-6-8-9(7)10(13)11(14)12-8/h3,5-6,8-9H,2,4H2,1H3,(H,12,14). The van der Waals surface area contributed by atoms with Gasteiger partial charge in [-0.15, -0.1) is 0 Å². The molecule has 3 nitrogen and oxygen atoms in total. The molecule has 1 amide bonds. The molecule has 0 radical (unpaired) electrons. The molecule has 1 aliphatic carbocycles. The van der Waals surface area contributed by atoms with Crippen molar-refractivity contribution in [1.29, 1.82) is 0 Å². The predicted octanol–water partition coefficient (Wildman–Crippen LogP) is 0.966. The summed E-state index contributed by atoms with van der Waals surface area (Å²) in [5.74, 6) is -0.944. The molecule has 1 saturated heterocycles. The molecule has 3 heteroatoms. The minimum Gasteiger partial charge on any atom is -0.342 e. The molecule has 2 atom stereocenters. The van der Waals surface area contributed by atoms with E-state index in [9.17, 15) is 9.59 Å². The fourth-order valence-electron chi connectivity index (χ4n) is 2.10. The van der Waals surface area contributed by atoms with Gasteiger partial charge in [-0.3, -0.25) is 9.59 Å². The molecule has 0 aromatic heterocycles. The van der Waals surface area contributed by atoms with E-state index in [-0.39, 0.29) is 17.7 Å². The van der Waals surface area contributed by atoms with Crippen LogP contribution in [0, 0.1) is 5.92 Å². The van der Waals surface area contributed by atoms with E-state index in [2.05, 4.69) is 12.2 Å². The van der Waals surface area contributed by atoms with Crippen molar-refractivity contribution in [3.63, 3.8) is 0 Å². The lowest BCUT2D eigenvalue weighted by Gasteiger charge is -2.20. The SMILES string of the molecule is CCCC1=CC=CC2NC(=O)C(=O)C12. The average molecular weight is 191 g/mol. The summed E-state index contributed by atoms with van der Waals surface area (Å²) in [5.41, 5.74) is 1.09. The summed E-state index contributed by atoms with van der Waals surface area (Å²) in [4.78, 5) is 22.7. The normalized spacial score (nSPS) is 29.9. The van der Waals surface area contributed by atoms with E-state index in [0.29, 0.717) is 0 Å². The van der Waals surface area contributed by atoms with E-state index in [1.54, 1.807) is 0 Å². The van der Waals surface area contributed by atoms with Gasteiger partial charge in [-0.2, -0.15) is 0 Å². The highest BCUT2D eigenvalue weighted by molar-refractivity contribution is 6.40. The quantitative estimate of drug-likeness (QED) is 0.661. The van der Waals surface area contributed by atoms with Crippen molar-refractivity contribution >= 4 is 11.7 Å². The third-order valence-electron chi connectivity index (χ3n) is 2.73. The molecule has 74 valence electrons. The largest absolute Gasteiger partial charge is 0.342 e. The van der Waals surface area contributed by atoms with E-state index < -0.39 is 5.91 Å². The highest BCUT2D eigenvalue weighted by Crippen LogP contribution is 2.29. The number of fused-ring (bicyclic) bond motifs is 1. The molecule has 1 fully saturated rings. The van der Waals surface area contributed by atoms with Crippen molar-refractivity contribution in [2.45, 2.75) is 25.8 Å². The number of allylic oxidation sites excluding steroid dienone is 2. The van der Waals surface area contributed by atoms with Crippen LogP contribution in [0.2, 0.25) is 0 Å². The summed E-state index contributed by atoms with van der Waals surface area (Å²) in [6.45, 7) is 2.07. The van der Waals surface area contributed by atoms with Gasteiger partial charge in [0.2, 0.25) is 5.78 Å². The Balaban J connectivity index is 2.27. The second-order valence-corrected chi connectivity index (χ2v) is 3.72. The minimum atomic E-state index is -0.437. The van der Waals surface area contributed by atoms with Crippen LogP contribution in [0.15, 0.2) is 23.8 Å². The highest BCUT2D eigenvalue weighted by Gasteiger charge is 2.42. The maximum Gasteiger partial charge on any atom is 0.288 e. The van der Waals surface area contributed by atoms with Crippen LogP contribution in [0.3, 0.4) is 0 Å². The number of ketones is 1. The Hall–Kier alpha value is -1.38. The molecule has 0 aromatic rings. The van der Waals surface area contributed by atoms with Crippen molar-refractivity contribution in [2.24, 2.45) is 5.92 Å². The first-order valence-corrected chi connectivity index (χ1v) is 4.96. The summed E-state index contributed by atoms with van der Waals surface area (Å²) in [6.07, 6.45) is 7.66. The topological polar surface area (TPSA) is 46.2 Å². The van der Waals surface area contributed by atoms with Crippen LogP contribution in [0.1, 0.15) is 19.8 Å².